The molecule has 2 aliphatic heterocycles. The van der Waals surface area contributed by atoms with E-state index in [1.807, 2.05) is 82.2 Å². The highest BCUT2D eigenvalue weighted by Crippen LogP contribution is 2.33. The highest BCUT2D eigenvalue weighted by atomic mass is 16.5. The molecule has 8 nitrogen and oxygen atoms in total. The summed E-state index contributed by atoms with van der Waals surface area (Å²) in [4.78, 5) is 40.5. The van der Waals surface area contributed by atoms with Crippen LogP contribution in [0.3, 0.4) is 0 Å². The van der Waals surface area contributed by atoms with E-state index in [2.05, 4.69) is 22.8 Å². The van der Waals surface area contributed by atoms with Gasteiger partial charge in [0.2, 0.25) is 0 Å². The largest absolute Gasteiger partial charge is 0.479 e. The molecule has 8 heteroatoms. The lowest BCUT2D eigenvalue weighted by Gasteiger charge is -2.32. The molecule has 44 heavy (non-hydrogen) atoms. The number of anilines is 2. The molecule has 0 aliphatic carbocycles. The van der Waals surface area contributed by atoms with Gasteiger partial charge < -0.3 is 24.7 Å². The summed E-state index contributed by atoms with van der Waals surface area (Å²) in [7, 11) is 0. The highest BCUT2D eigenvalue weighted by molar-refractivity contribution is 6.10. The molecule has 1 atom stereocenters. The summed E-state index contributed by atoms with van der Waals surface area (Å²) < 4.78 is 7.66. The Morgan fingerprint density at radius 1 is 0.886 bits per heavy atom. The number of benzene rings is 3. The van der Waals surface area contributed by atoms with Gasteiger partial charge in [-0.25, -0.2) is 0 Å². The van der Waals surface area contributed by atoms with Gasteiger partial charge in [0.15, 0.2) is 6.10 Å². The molecular formula is C36H32N4O4. The van der Waals surface area contributed by atoms with Crippen LogP contribution < -0.4 is 15.4 Å². The molecule has 4 heterocycles. The zero-order chi connectivity index (χ0) is 30.2. The third kappa shape index (κ3) is 5.19. The molecule has 2 N–H and O–H groups in total. The lowest BCUT2D eigenvalue weighted by atomic mass is 9.89. The second-order valence-electron chi connectivity index (χ2n) is 11.4. The second kappa shape index (κ2) is 11.4. The molecule has 3 amide bonds. The van der Waals surface area contributed by atoms with E-state index >= 15 is 0 Å². The standard InChI is InChI=1S/C36H32N4O4/c1-23-34(41)38-30-21-27(12-15-33(30)44-23)36(43)39-19-16-25(17-20-39)24-10-13-28(14-11-24)37-35(42)29-22-32(26-7-3-2-4-8-26)40-18-6-5-9-31(29)40/h2-15,18,21-23,25H,16-17,19-20H2,1H3,(H,37,42)(H,38,41). The van der Waals surface area contributed by atoms with Gasteiger partial charge in [-0.1, -0.05) is 48.5 Å². The number of carbonyl (C=O) groups excluding carboxylic acids is 3. The highest BCUT2D eigenvalue weighted by Gasteiger charge is 2.28. The van der Waals surface area contributed by atoms with Crippen LogP contribution in [0.4, 0.5) is 11.4 Å². The van der Waals surface area contributed by atoms with Gasteiger partial charge in [-0.3, -0.25) is 14.4 Å². The van der Waals surface area contributed by atoms with Crippen LogP contribution in [0.25, 0.3) is 16.8 Å². The third-order valence-electron chi connectivity index (χ3n) is 8.57. The third-order valence-corrected chi connectivity index (χ3v) is 8.57. The fourth-order valence-electron chi connectivity index (χ4n) is 6.14. The minimum Gasteiger partial charge on any atom is -0.479 e. The molecule has 1 saturated heterocycles. The Bertz CT molecular complexity index is 1870. The predicted octanol–water partition coefficient (Wildman–Crippen LogP) is 6.60. The number of pyridine rings is 1. The number of nitrogens with zero attached hydrogens (tertiary/aromatic N) is 2. The van der Waals surface area contributed by atoms with E-state index in [0.29, 0.717) is 41.6 Å². The number of piperidine rings is 1. The first-order chi connectivity index (χ1) is 21.4. The van der Waals surface area contributed by atoms with Crippen LogP contribution >= 0.6 is 0 Å². The second-order valence-corrected chi connectivity index (χ2v) is 11.4. The molecule has 3 aromatic carbocycles. The monoisotopic (exact) mass is 584 g/mol. The first-order valence-electron chi connectivity index (χ1n) is 14.9. The lowest BCUT2D eigenvalue weighted by molar-refractivity contribution is -0.122. The van der Waals surface area contributed by atoms with Crippen LogP contribution in [0.1, 0.15) is 52.0 Å². The smallest absolute Gasteiger partial charge is 0.265 e. The zero-order valence-corrected chi connectivity index (χ0v) is 24.3. The number of fused-ring (bicyclic) bond motifs is 2. The van der Waals surface area contributed by atoms with E-state index in [1.165, 1.54) is 5.56 Å². The van der Waals surface area contributed by atoms with Gasteiger partial charge in [0.1, 0.15) is 5.75 Å². The molecule has 2 aliphatic rings. The Morgan fingerprint density at radius 2 is 1.64 bits per heavy atom. The summed E-state index contributed by atoms with van der Waals surface area (Å²) in [5.74, 6) is 0.476. The first-order valence-corrected chi connectivity index (χ1v) is 14.9. The summed E-state index contributed by atoms with van der Waals surface area (Å²) in [5, 5.41) is 5.89. The molecular weight excluding hydrogens is 552 g/mol. The number of ether oxygens (including phenoxy) is 1. The van der Waals surface area contributed by atoms with Gasteiger partial charge in [0.05, 0.1) is 22.5 Å². The molecule has 0 bridgehead atoms. The maximum atomic E-state index is 13.4. The van der Waals surface area contributed by atoms with Crippen molar-refractivity contribution in [1.82, 2.24) is 9.30 Å². The molecule has 7 rings (SSSR count). The van der Waals surface area contributed by atoms with Crippen molar-refractivity contribution in [2.75, 3.05) is 23.7 Å². The fourth-order valence-corrected chi connectivity index (χ4v) is 6.14. The minimum absolute atomic E-state index is 0.0502. The first kappa shape index (κ1) is 27.5. The average Bonchev–Trinajstić information content (AvgIpc) is 3.46. The number of amides is 3. The zero-order valence-electron chi connectivity index (χ0n) is 24.3. The normalized spacial score (nSPS) is 16.6. The SMILES string of the molecule is CC1Oc2ccc(C(=O)N3CCC(c4ccc(NC(=O)c5cc(-c6ccccc6)n6ccccc56)cc4)CC3)cc2NC1=O. The fraction of sp³-hybridized carbons (Fsp3) is 0.194. The maximum Gasteiger partial charge on any atom is 0.265 e. The van der Waals surface area contributed by atoms with Crippen molar-refractivity contribution in [3.63, 3.8) is 0 Å². The van der Waals surface area contributed by atoms with Crippen LogP contribution in [-0.4, -0.2) is 46.2 Å². The van der Waals surface area contributed by atoms with Crippen LogP contribution in [0.15, 0.2) is 103 Å². The molecule has 0 spiro atoms. The maximum absolute atomic E-state index is 13.4. The number of likely N-dealkylation sites (tertiary alicyclic amines) is 1. The molecule has 2 aromatic heterocycles. The molecule has 1 fully saturated rings. The number of rotatable bonds is 5. The number of hydrogen-bond acceptors (Lipinski definition) is 4. The van der Waals surface area contributed by atoms with Gasteiger partial charge in [0, 0.05) is 30.5 Å². The van der Waals surface area contributed by atoms with E-state index < -0.39 is 6.10 Å². The minimum atomic E-state index is -0.554. The van der Waals surface area contributed by atoms with Gasteiger partial charge in [0.25, 0.3) is 17.7 Å². The quantitative estimate of drug-likeness (QED) is 0.244. The Kier molecular flexibility index (Phi) is 7.10. The summed E-state index contributed by atoms with van der Waals surface area (Å²) in [6.45, 7) is 2.98. The van der Waals surface area contributed by atoms with E-state index in [1.54, 1.807) is 25.1 Å². The molecule has 5 aromatic rings. The van der Waals surface area contributed by atoms with Gasteiger partial charge in [-0.05, 0) is 85.3 Å². The van der Waals surface area contributed by atoms with Crippen LogP contribution in [0.5, 0.6) is 5.75 Å². The predicted molar refractivity (Wildman–Crippen MR) is 170 cm³/mol. The molecule has 1 unspecified atom stereocenters. The summed E-state index contributed by atoms with van der Waals surface area (Å²) in [6.07, 6.45) is 3.11. The molecule has 220 valence electrons. The average molecular weight is 585 g/mol. The van der Waals surface area contributed by atoms with Gasteiger partial charge >= 0.3 is 0 Å². The van der Waals surface area contributed by atoms with Crippen molar-refractivity contribution in [1.29, 1.82) is 0 Å². The van der Waals surface area contributed by atoms with E-state index in [4.69, 9.17) is 4.74 Å². The lowest BCUT2D eigenvalue weighted by Crippen LogP contribution is -2.38. The van der Waals surface area contributed by atoms with Crippen molar-refractivity contribution in [3.05, 3.63) is 120 Å². The Labute approximate surface area is 255 Å². The summed E-state index contributed by atoms with van der Waals surface area (Å²) in [6, 6.07) is 31.1. The number of aromatic nitrogens is 1. The van der Waals surface area contributed by atoms with Crippen molar-refractivity contribution >= 4 is 34.6 Å². The van der Waals surface area contributed by atoms with E-state index in [0.717, 1.165) is 35.3 Å². The number of nitrogens with one attached hydrogen (secondary N) is 2. The molecule has 0 radical (unpaired) electrons. The van der Waals surface area contributed by atoms with Crippen LogP contribution in [-0.2, 0) is 4.79 Å². The van der Waals surface area contributed by atoms with Crippen molar-refractivity contribution in [2.24, 2.45) is 0 Å². The van der Waals surface area contributed by atoms with Gasteiger partial charge in [-0.15, -0.1) is 0 Å². The topological polar surface area (TPSA) is 92.2 Å². The van der Waals surface area contributed by atoms with Crippen LogP contribution in [0.2, 0.25) is 0 Å². The van der Waals surface area contributed by atoms with Crippen LogP contribution in [0, 0.1) is 0 Å². The number of carbonyl (C=O) groups is 3. The van der Waals surface area contributed by atoms with Crippen molar-refractivity contribution in [2.45, 2.75) is 31.8 Å². The summed E-state index contributed by atoms with van der Waals surface area (Å²) >= 11 is 0. The number of hydrogen-bond donors (Lipinski definition) is 2. The van der Waals surface area contributed by atoms with Gasteiger partial charge in [-0.2, -0.15) is 0 Å². The van der Waals surface area contributed by atoms with E-state index in [-0.39, 0.29) is 17.7 Å². The van der Waals surface area contributed by atoms with Crippen molar-refractivity contribution in [3.8, 4) is 17.0 Å². The Morgan fingerprint density at radius 3 is 2.41 bits per heavy atom. The molecule has 0 saturated carbocycles. The Balaban J connectivity index is 0.992. The summed E-state index contributed by atoms with van der Waals surface area (Å²) in [5.41, 5.74) is 6.48. The Hall–Kier alpha value is -5.37. The van der Waals surface area contributed by atoms with Crippen molar-refractivity contribution < 1.29 is 19.1 Å². The van der Waals surface area contributed by atoms with E-state index in [9.17, 15) is 14.4 Å².